The van der Waals surface area contributed by atoms with Crippen molar-refractivity contribution < 1.29 is 14.3 Å². The van der Waals surface area contributed by atoms with E-state index in [2.05, 4.69) is 19.2 Å². The third-order valence-corrected chi connectivity index (χ3v) is 1.52. The molecule has 19 heavy (non-hydrogen) atoms. The van der Waals surface area contributed by atoms with Gasteiger partial charge >= 0.3 is 0 Å². The van der Waals surface area contributed by atoms with Gasteiger partial charge in [0.15, 0.2) is 0 Å². The molecule has 1 amide bonds. The van der Waals surface area contributed by atoms with E-state index >= 15 is 0 Å². The molecule has 5 nitrogen and oxygen atoms in total. The van der Waals surface area contributed by atoms with Crippen LogP contribution in [-0.4, -0.2) is 45.4 Å². The number of carbonyl (C=O) groups is 1. The third kappa shape index (κ3) is 31.7. The minimum Gasteiger partial charge on any atom is -0.378 e. The molecule has 0 aromatic carbocycles. The lowest BCUT2D eigenvalue weighted by Gasteiger charge is -2.05. The second kappa shape index (κ2) is 26.0. The van der Waals surface area contributed by atoms with Crippen LogP contribution in [0.3, 0.4) is 0 Å². The van der Waals surface area contributed by atoms with Crippen LogP contribution < -0.4 is 11.1 Å². The third-order valence-electron chi connectivity index (χ3n) is 1.52. The lowest BCUT2D eigenvalue weighted by molar-refractivity contribution is -0.121. The summed E-state index contributed by atoms with van der Waals surface area (Å²) >= 11 is 0. The lowest BCUT2D eigenvalue weighted by Crippen LogP contribution is -2.26. The number of carbonyl (C=O) groups excluding carboxylic acids is 1. The van der Waals surface area contributed by atoms with E-state index < -0.39 is 0 Å². The molecular weight excluding hydrogens is 244 g/mol. The Balaban J connectivity index is -0.000000445. The SMILES string of the molecule is CC.CCC.CCC(=O)NCCOCCOCCN. The molecule has 0 saturated heterocycles. The molecule has 118 valence electrons. The van der Waals surface area contributed by atoms with Gasteiger partial charge in [0.05, 0.1) is 26.4 Å². The van der Waals surface area contributed by atoms with Crippen LogP contribution in [-0.2, 0) is 14.3 Å². The van der Waals surface area contributed by atoms with E-state index in [1.54, 1.807) is 0 Å². The molecular formula is C14H34N2O3. The molecule has 3 N–H and O–H groups in total. The average Bonchev–Trinajstić information content (AvgIpc) is 2.44. The summed E-state index contributed by atoms with van der Waals surface area (Å²) in [5.41, 5.74) is 5.23. The Labute approximate surface area is 119 Å². The standard InChI is InChI=1S/C9H20N2O3.C3H8.C2H6/c1-2-9(12)11-4-6-14-8-7-13-5-3-10;1-3-2;1-2/h2-8,10H2,1H3,(H,11,12);3H2,1-2H3;1-2H3. The lowest BCUT2D eigenvalue weighted by atomic mass is 10.4. The smallest absolute Gasteiger partial charge is 0.219 e. The van der Waals surface area contributed by atoms with Gasteiger partial charge in [-0.15, -0.1) is 0 Å². The molecule has 0 radical (unpaired) electrons. The van der Waals surface area contributed by atoms with Crippen molar-refractivity contribution in [2.24, 2.45) is 5.73 Å². The van der Waals surface area contributed by atoms with Crippen molar-refractivity contribution in [2.75, 3.05) is 39.5 Å². The van der Waals surface area contributed by atoms with E-state index in [1.807, 2.05) is 20.8 Å². The molecule has 0 atom stereocenters. The minimum absolute atomic E-state index is 0.0491. The second-order valence-corrected chi connectivity index (χ2v) is 3.42. The number of nitrogens with two attached hydrogens (primary N) is 1. The van der Waals surface area contributed by atoms with Gasteiger partial charge in [0.2, 0.25) is 5.91 Å². The molecule has 5 heteroatoms. The fourth-order valence-corrected chi connectivity index (χ4v) is 0.793. The monoisotopic (exact) mass is 278 g/mol. The minimum atomic E-state index is 0.0491. The van der Waals surface area contributed by atoms with E-state index in [0.717, 1.165) is 0 Å². The highest BCUT2D eigenvalue weighted by Crippen LogP contribution is 1.78. The molecule has 0 aliphatic carbocycles. The maximum Gasteiger partial charge on any atom is 0.219 e. The van der Waals surface area contributed by atoms with Crippen LogP contribution in [0.4, 0.5) is 0 Å². The Bertz CT molecular complexity index is 156. The van der Waals surface area contributed by atoms with E-state index in [0.29, 0.717) is 45.9 Å². The first-order chi connectivity index (χ1) is 9.22. The quantitative estimate of drug-likeness (QED) is 0.632. The summed E-state index contributed by atoms with van der Waals surface area (Å²) in [6.07, 6.45) is 1.76. The fourth-order valence-electron chi connectivity index (χ4n) is 0.793. The van der Waals surface area contributed by atoms with Crippen molar-refractivity contribution >= 4 is 5.91 Å². The summed E-state index contributed by atoms with van der Waals surface area (Å²) in [5.74, 6) is 0.0491. The van der Waals surface area contributed by atoms with Gasteiger partial charge in [-0.2, -0.15) is 0 Å². The number of rotatable bonds is 9. The predicted octanol–water partition coefficient (Wildman–Crippen LogP) is 1.95. The molecule has 0 heterocycles. The summed E-state index contributed by atoms with van der Waals surface area (Å²) < 4.78 is 10.3. The van der Waals surface area contributed by atoms with Crippen molar-refractivity contribution in [3.8, 4) is 0 Å². The zero-order valence-corrected chi connectivity index (χ0v) is 13.5. The van der Waals surface area contributed by atoms with Gasteiger partial charge in [-0.25, -0.2) is 0 Å². The van der Waals surface area contributed by atoms with Crippen LogP contribution in [0.15, 0.2) is 0 Å². The van der Waals surface area contributed by atoms with Gasteiger partial charge in [-0.05, 0) is 0 Å². The van der Waals surface area contributed by atoms with E-state index in [1.165, 1.54) is 6.42 Å². The number of hydrogen-bond donors (Lipinski definition) is 2. The molecule has 0 aromatic heterocycles. The van der Waals surface area contributed by atoms with Crippen LogP contribution in [0.1, 0.15) is 47.5 Å². The Morgan fingerprint density at radius 1 is 1.00 bits per heavy atom. The molecule has 0 spiro atoms. The van der Waals surface area contributed by atoms with Gasteiger partial charge in [-0.3, -0.25) is 4.79 Å². The number of ether oxygens (including phenoxy) is 2. The largest absolute Gasteiger partial charge is 0.378 e. The Kier molecular flexibility index (Phi) is 32.1. The molecule has 0 fully saturated rings. The van der Waals surface area contributed by atoms with Crippen LogP contribution in [0.5, 0.6) is 0 Å². The van der Waals surface area contributed by atoms with Crippen LogP contribution in [0, 0.1) is 0 Å². The Morgan fingerprint density at radius 2 is 1.47 bits per heavy atom. The number of nitrogens with one attached hydrogen (secondary N) is 1. The van der Waals surface area contributed by atoms with Gasteiger partial charge in [0, 0.05) is 19.5 Å². The normalized spacial score (nSPS) is 8.74. The molecule has 0 saturated carbocycles. The first-order valence-electron chi connectivity index (χ1n) is 7.35. The first-order valence-corrected chi connectivity index (χ1v) is 7.35. The van der Waals surface area contributed by atoms with E-state index in [-0.39, 0.29) is 5.91 Å². The maximum atomic E-state index is 10.8. The summed E-state index contributed by atoms with van der Waals surface area (Å²) in [5, 5.41) is 2.71. The zero-order chi connectivity index (χ0) is 15.4. The molecule has 0 aliphatic heterocycles. The highest BCUT2D eigenvalue weighted by atomic mass is 16.5. The number of amides is 1. The van der Waals surface area contributed by atoms with E-state index in [4.69, 9.17) is 15.2 Å². The van der Waals surface area contributed by atoms with Crippen LogP contribution in [0.25, 0.3) is 0 Å². The summed E-state index contributed by atoms with van der Waals surface area (Å²) in [6, 6.07) is 0. The highest BCUT2D eigenvalue weighted by molar-refractivity contribution is 5.75. The van der Waals surface area contributed by atoms with Gasteiger partial charge in [0.25, 0.3) is 0 Å². The van der Waals surface area contributed by atoms with Crippen LogP contribution >= 0.6 is 0 Å². The number of hydrogen-bond acceptors (Lipinski definition) is 4. The topological polar surface area (TPSA) is 73.6 Å². The Morgan fingerprint density at radius 3 is 1.89 bits per heavy atom. The summed E-state index contributed by atoms with van der Waals surface area (Å²) in [7, 11) is 0. The average molecular weight is 278 g/mol. The van der Waals surface area contributed by atoms with Gasteiger partial charge in [0.1, 0.15) is 0 Å². The molecule has 0 bridgehead atoms. The first kappa shape index (κ1) is 23.4. The molecule has 0 rings (SSSR count). The van der Waals surface area contributed by atoms with Crippen molar-refractivity contribution in [1.82, 2.24) is 5.32 Å². The van der Waals surface area contributed by atoms with Crippen LogP contribution in [0.2, 0.25) is 0 Å². The van der Waals surface area contributed by atoms with Crippen molar-refractivity contribution in [2.45, 2.75) is 47.5 Å². The fraction of sp³-hybridized carbons (Fsp3) is 0.929. The van der Waals surface area contributed by atoms with Crippen molar-refractivity contribution in [3.05, 3.63) is 0 Å². The zero-order valence-electron chi connectivity index (χ0n) is 13.5. The van der Waals surface area contributed by atoms with Gasteiger partial charge < -0.3 is 20.5 Å². The van der Waals surface area contributed by atoms with Gasteiger partial charge in [-0.1, -0.05) is 41.0 Å². The highest BCUT2D eigenvalue weighted by Gasteiger charge is 1.94. The predicted molar refractivity (Wildman–Crippen MR) is 81.3 cm³/mol. The summed E-state index contributed by atoms with van der Waals surface area (Å²) in [4.78, 5) is 10.8. The second-order valence-electron chi connectivity index (χ2n) is 3.42. The summed E-state index contributed by atoms with van der Waals surface area (Å²) in [6.45, 7) is 13.3. The van der Waals surface area contributed by atoms with Crippen molar-refractivity contribution in [1.29, 1.82) is 0 Å². The van der Waals surface area contributed by atoms with Crippen molar-refractivity contribution in [3.63, 3.8) is 0 Å². The Hall–Kier alpha value is -0.650. The van der Waals surface area contributed by atoms with E-state index in [9.17, 15) is 4.79 Å². The molecule has 0 aromatic rings. The molecule has 0 unspecified atom stereocenters. The molecule has 0 aliphatic rings. The maximum absolute atomic E-state index is 10.8.